The van der Waals surface area contributed by atoms with E-state index in [-0.39, 0.29) is 35.5 Å². The Morgan fingerprint density at radius 1 is 1.05 bits per heavy atom. The number of rotatable bonds is 12. The normalized spacial score (nSPS) is 12.1. The Morgan fingerprint density at radius 3 is 2.40 bits per heavy atom. The Balaban J connectivity index is 1.72. The molecular formula is C28H38N6O8. The molecule has 0 fully saturated rings. The Morgan fingerprint density at radius 2 is 1.76 bits per heavy atom. The van der Waals surface area contributed by atoms with E-state index in [0.29, 0.717) is 6.61 Å². The lowest BCUT2D eigenvalue weighted by Gasteiger charge is -2.24. The lowest BCUT2D eigenvalue weighted by molar-refractivity contribution is -0.155. The van der Waals surface area contributed by atoms with E-state index in [2.05, 4.69) is 25.6 Å². The van der Waals surface area contributed by atoms with Crippen molar-refractivity contribution in [3.05, 3.63) is 46.4 Å². The number of fused-ring (bicyclic) bond motifs is 1. The number of carbonyl (C=O) groups excluding carboxylic acids is 3. The average Bonchev–Trinajstić information content (AvgIpc) is 3.22. The van der Waals surface area contributed by atoms with Gasteiger partial charge in [0.1, 0.15) is 17.2 Å². The number of benzene rings is 1. The van der Waals surface area contributed by atoms with Gasteiger partial charge < -0.3 is 29.2 Å². The third-order valence-electron chi connectivity index (χ3n) is 5.72. The van der Waals surface area contributed by atoms with Crippen molar-refractivity contribution in [1.29, 1.82) is 0 Å². The van der Waals surface area contributed by atoms with Crippen molar-refractivity contribution < 1.29 is 33.3 Å². The molecule has 2 aromatic heterocycles. The zero-order valence-corrected chi connectivity index (χ0v) is 24.7. The highest BCUT2D eigenvalue weighted by atomic mass is 16.7. The summed E-state index contributed by atoms with van der Waals surface area (Å²) < 4.78 is 22.3. The first-order valence-corrected chi connectivity index (χ1v) is 13.6. The summed E-state index contributed by atoms with van der Waals surface area (Å²) in [5.74, 6) is -1.21. The maximum atomic E-state index is 12.8. The highest BCUT2D eigenvalue weighted by Gasteiger charge is 2.28. The molecule has 2 heterocycles. The van der Waals surface area contributed by atoms with Crippen LogP contribution in [0.3, 0.4) is 0 Å². The van der Waals surface area contributed by atoms with E-state index in [1.54, 1.807) is 34.6 Å². The minimum Gasteiger partial charge on any atom is -0.463 e. The molecule has 3 aromatic rings. The third kappa shape index (κ3) is 9.21. The van der Waals surface area contributed by atoms with Gasteiger partial charge in [-0.1, -0.05) is 57.5 Å². The van der Waals surface area contributed by atoms with Crippen LogP contribution in [0.25, 0.3) is 11.2 Å². The molecule has 228 valence electrons. The van der Waals surface area contributed by atoms with Gasteiger partial charge in [-0.05, 0) is 38.7 Å². The number of nitrogens with one attached hydrogen (secondary N) is 3. The molecule has 3 N–H and O–H groups in total. The fraction of sp³-hybridized carbons (Fsp3) is 0.500. The van der Waals surface area contributed by atoms with Crippen LogP contribution in [0.1, 0.15) is 59.9 Å². The van der Waals surface area contributed by atoms with Gasteiger partial charge in [0.05, 0.1) is 13.2 Å². The van der Waals surface area contributed by atoms with Crippen LogP contribution >= 0.6 is 0 Å². The molecule has 0 unspecified atom stereocenters. The Bertz CT molecular complexity index is 1430. The molecule has 14 nitrogen and oxygen atoms in total. The molecule has 1 atom stereocenters. The van der Waals surface area contributed by atoms with E-state index < -0.39 is 42.3 Å². The summed E-state index contributed by atoms with van der Waals surface area (Å²) in [5, 5.41) is 4.91. The molecule has 0 bridgehead atoms. The molecule has 0 spiro atoms. The average molecular weight is 587 g/mol. The van der Waals surface area contributed by atoms with Gasteiger partial charge in [-0.25, -0.2) is 19.2 Å². The van der Waals surface area contributed by atoms with Gasteiger partial charge >= 0.3 is 29.9 Å². The second kappa shape index (κ2) is 14.3. The number of imidazole rings is 1. The summed E-state index contributed by atoms with van der Waals surface area (Å²) in [5.41, 5.74) is 0.0337. The van der Waals surface area contributed by atoms with Crippen molar-refractivity contribution in [1.82, 2.24) is 24.8 Å². The number of H-pyrrole nitrogens is 1. The van der Waals surface area contributed by atoms with Crippen LogP contribution < -0.4 is 21.1 Å². The van der Waals surface area contributed by atoms with Crippen molar-refractivity contribution in [3.8, 4) is 6.01 Å². The fourth-order valence-corrected chi connectivity index (χ4v) is 3.68. The van der Waals surface area contributed by atoms with Crippen molar-refractivity contribution in [2.75, 3.05) is 18.7 Å². The number of amides is 2. The van der Waals surface area contributed by atoms with Crippen LogP contribution in [0.5, 0.6) is 6.01 Å². The van der Waals surface area contributed by atoms with Gasteiger partial charge in [0.2, 0.25) is 6.79 Å². The summed E-state index contributed by atoms with van der Waals surface area (Å²) >= 11 is 0. The third-order valence-corrected chi connectivity index (χ3v) is 5.72. The van der Waals surface area contributed by atoms with Gasteiger partial charge in [0, 0.05) is 0 Å². The van der Waals surface area contributed by atoms with Crippen molar-refractivity contribution in [2.24, 2.45) is 5.92 Å². The smallest absolute Gasteiger partial charge is 0.415 e. The largest absolute Gasteiger partial charge is 0.463 e. The summed E-state index contributed by atoms with van der Waals surface area (Å²) in [4.78, 5) is 61.4. The predicted octanol–water partition coefficient (Wildman–Crippen LogP) is 3.95. The topological polar surface area (TPSA) is 176 Å². The van der Waals surface area contributed by atoms with Crippen molar-refractivity contribution >= 4 is 35.1 Å². The lowest BCUT2D eigenvalue weighted by Crippen LogP contribution is -2.47. The number of unbranched alkanes of at least 4 members (excludes halogenated alkanes) is 1. The second-order valence-corrected chi connectivity index (χ2v) is 10.8. The SMILES string of the molecule is CCCCOc1nc(NC(=O)OCOC(=O)[C@@H](NC(=O)OC(C)(C)C)C(C)C)c2[nH]c(=O)n(Cc3ccccc3)c2n1. The fourth-order valence-electron chi connectivity index (χ4n) is 3.68. The van der Waals surface area contributed by atoms with E-state index in [1.807, 2.05) is 37.3 Å². The van der Waals surface area contributed by atoms with Crippen LogP contribution in [0.2, 0.25) is 0 Å². The van der Waals surface area contributed by atoms with Gasteiger partial charge in [-0.3, -0.25) is 9.88 Å². The molecule has 0 saturated heterocycles. The number of anilines is 1. The van der Waals surface area contributed by atoms with E-state index >= 15 is 0 Å². The Labute approximate surface area is 243 Å². The summed E-state index contributed by atoms with van der Waals surface area (Å²) in [6.07, 6.45) is -0.164. The molecule has 0 aliphatic carbocycles. The summed E-state index contributed by atoms with van der Waals surface area (Å²) in [6.45, 7) is 10.3. The zero-order valence-electron chi connectivity index (χ0n) is 24.7. The molecule has 2 amide bonds. The van der Waals surface area contributed by atoms with Gasteiger partial charge in [-0.15, -0.1) is 0 Å². The molecule has 14 heteroatoms. The van der Waals surface area contributed by atoms with Crippen LogP contribution in [0.4, 0.5) is 15.4 Å². The molecule has 42 heavy (non-hydrogen) atoms. The van der Waals surface area contributed by atoms with Crippen LogP contribution in [0, 0.1) is 5.92 Å². The van der Waals surface area contributed by atoms with Crippen LogP contribution in [0.15, 0.2) is 35.1 Å². The number of nitrogens with zero attached hydrogens (tertiary/aromatic N) is 3. The van der Waals surface area contributed by atoms with Crippen LogP contribution in [-0.2, 0) is 25.5 Å². The number of aromatic amines is 1. The monoisotopic (exact) mass is 586 g/mol. The van der Waals surface area contributed by atoms with Gasteiger partial charge in [0.25, 0.3) is 0 Å². The molecule has 1 aromatic carbocycles. The first-order chi connectivity index (χ1) is 19.9. The van der Waals surface area contributed by atoms with Crippen molar-refractivity contribution in [3.63, 3.8) is 0 Å². The maximum Gasteiger partial charge on any atom is 0.415 e. The highest BCUT2D eigenvalue weighted by Crippen LogP contribution is 2.22. The van der Waals surface area contributed by atoms with E-state index in [0.717, 1.165) is 18.4 Å². The standard InChI is InChI=1S/C28H38N6O8/c1-7-8-14-39-24-31-21(20-22(33-24)34(25(36)29-20)15-18-12-10-9-11-13-18)32-26(37)41-16-40-23(35)19(17(2)3)30-27(38)42-28(4,5)6/h9-13,17,19H,7-8,14-16H2,1-6H3,(H,29,36)(H,30,38)(H,31,32,33,37)/t19-/m0/s1. The van der Waals surface area contributed by atoms with E-state index in [1.165, 1.54) is 4.57 Å². The maximum absolute atomic E-state index is 12.8. The predicted molar refractivity (Wildman–Crippen MR) is 153 cm³/mol. The number of hydrogen-bond donors (Lipinski definition) is 3. The number of hydrogen-bond acceptors (Lipinski definition) is 10. The number of carbonyl (C=O) groups is 3. The number of ether oxygens (including phenoxy) is 4. The molecule has 3 rings (SSSR count). The molecular weight excluding hydrogens is 548 g/mol. The second-order valence-electron chi connectivity index (χ2n) is 10.8. The minimum atomic E-state index is -1.04. The number of esters is 1. The number of alkyl carbamates (subject to hydrolysis) is 1. The zero-order chi connectivity index (χ0) is 30.9. The van der Waals surface area contributed by atoms with E-state index in [4.69, 9.17) is 18.9 Å². The molecule has 0 saturated carbocycles. The quantitative estimate of drug-likeness (QED) is 0.160. The summed E-state index contributed by atoms with van der Waals surface area (Å²) in [6, 6.07) is 8.25. The number of aromatic nitrogens is 4. The van der Waals surface area contributed by atoms with Gasteiger partial charge in [-0.2, -0.15) is 9.97 Å². The highest BCUT2D eigenvalue weighted by molar-refractivity contribution is 5.93. The Hall–Kier alpha value is -4.62. The van der Waals surface area contributed by atoms with E-state index in [9.17, 15) is 19.2 Å². The minimum absolute atomic E-state index is 0.0357. The Kier molecular flexibility index (Phi) is 10.9. The van der Waals surface area contributed by atoms with Crippen LogP contribution in [-0.4, -0.2) is 62.7 Å². The lowest BCUT2D eigenvalue weighted by atomic mass is 10.1. The molecule has 0 aliphatic heterocycles. The van der Waals surface area contributed by atoms with Crippen molar-refractivity contribution in [2.45, 2.75) is 72.6 Å². The first kappa shape index (κ1) is 31.9. The summed E-state index contributed by atoms with van der Waals surface area (Å²) in [7, 11) is 0. The molecule has 0 radical (unpaired) electrons. The molecule has 0 aliphatic rings. The van der Waals surface area contributed by atoms with Gasteiger partial charge in [0.15, 0.2) is 11.5 Å². The first-order valence-electron chi connectivity index (χ1n) is 13.6.